The van der Waals surface area contributed by atoms with E-state index < -0.39 is 0 Å². The Labute approximate surface area is 84.4 Å². The molecule has 1 aliphatic rings. The zero-order valence-electron chi connectivity index (χ0n) is 8.54. The van der Waals surface area contributed by atoms with Gasteiger partial charge in [0.05, 0.1) is 12.0 Å². The summed E-state index contributed by atoms with van der Waals surface area (Å²) in [5, 5.41) is 3.16. The third kappa shape index (κ3) is 1.55. The maximum absolute atomic E-state index is 4.32. The number of nitrogens with zero attached hydrogens (tertiary/aromatic N) is 1. The second-order valence-electron chi connectivity index (χ2n) is 3.45. The van der Waals surface area contributed by atoms with Crippen LogP contribution in [-0.4, -0.2) is 6.34 Å². The molecule has 1 aromatic rings. The Morgan fingerprint density at radius 2 is 2.29 bits per heavy atom. The molecule has 1 aromatic carbocycles. The minimum Gasteiger partial charge on any atom is -0.346 e. The summed E-state index contributed by atoms with van der Waals surface area (Å²) >= 11 is 0. The molecule has 14 heavy (non-hydrogen) atoms. The first-order chi connectivity index (χ1) is 6.81. The Bertz CT molecular complexity index is 403. The van der Waals surface area contributed by atoms with Gasteiger partial charge >= 0.3 is 0 Å². The zero-order chi connectivity index (χ0) is 9.97. The van der Waals surface area contributed by atoms with Crippen LogP contribution in [0.2, 0.25) is 0 Å². The van der Waals surface area contributed by atoms with Crippen molar-refractivity contribution in [3.63, 3.8) is 0 Å². The molecule has 0 radical (unpaired) electrons. The van der Waals surface area contributed by atoms with E-state index in [1.807, 2.05) is 0 Å². The van der Waals surface area contributed by atoms with Crippen molar-refractivity contribution < 1.29 is 0 Å². The highest BCUT2D eigenvalue weighted by atomic mass is 15.0. The molecule has 1 heterocycles. The first kappa shape index (κ1) is 9.00. The summed E-state index contributed by atoms with van der Waals surface area (Å²) in [6, 6.07) is 6.38. The number of hydrogen-bond donors (Lipinski definition) is 1. The predicted molar refractivity (Wildman–Crippen MR) is 61.6 cm³/mol. The lowest BCUT2D eigenvalue weighted by Crippen LogP contribution is -2.04. The Morgan fingerprint density at radius 1 is 1.43 bits per heavy atom. The monoisotopic (exact) mass is 186 g/mol. The molecule has 0 saturated heterocycles. The van der Waals surface area contributed by atoms with Crippen molar-refractivity contribution in [1.29, 1.82) is 0 Å². The van der Waals surface area contributed by atoms with Crippen LogP contribution in [0.5, 0.6) is 0 Å². The maximum Gasteiger partial charge on any atom is 0.0930 e. The highest BCUT2D eigenvalue weighted by Crippen LogP contribution is 2.28. The number of allylic oxidation sites excluding steroid dienone is 1. The fourth-order valence-corrected chi connectivity index (χ4v) is 1.60. The maximum atomic E-state index is 4.32. The largest absolute Gasteiger partial charge is 0.346 e. The Balaban J connectivity index is 2.49. The first-order valence-corrected chi connectivity index (χ1v) is 4.91. The molecule has 0 spiro atoms. The van der Waals surface area contributed by atoms with Crippen molar-refractivity contribution >= 4 is 17.7 Å². The average molecular weight is 186 g/mol. The van der Waals surface area contributed by atoms with Crippen LogP contribution >= 0.6 is 0 Å². The average Bonchev–Trinajstić information content (AvgIpc) is 2.18. The van der Waals surface area contributed by atoms with Crippen LogP contribution in [-0.2, 0) is 0 Å². The van der Waals surface area contributed by atoms with Gasteiger partial charge in [0.15, 0.2) is 0 Å². The van der Waals surface area contributed by atoms with Crippen LogP contribution in [0.15, 0.2) is 29.3 Å². The molecule has 72 valence electrons. The van der Waals surface area contributed by atoms with E-state index in [2.05, 4.69) is 48.4 Å². The van der Waals surface area contributed by atoms with E-state index in [0.717, 1.165) is 17.8 Å². The minimum atomic E-state index is 1.01. The summed E-state index contributed by atoms with van der Waals surface area (Å²) in [5.74, 6) is 0. The summed E-state index contributed by atoms with van der Waals surface area (Å²) in [5.41, 5.74) is 4.68. The molecule has 2 heteroatoms. The van der Waals surface area contributed by atoms with Gasteiger partial charge in [-0.15, -0.1) is 0 Å². The van der Waals surface area contributed by atoms with Gasteiger partial charge < -0.3 is 5.32 Å². The third-order valence-electron chi connectivity index (χ3n) is 2.27. The molecule has 0 bridgehead atoms. The molecule has 0 fully saturated rings. The van der Waals surface area contributed by atoms with Gasteiger partial charge in [-0.3, -0.25) is 0 Å². The number of aliphatic imine (C=N–C) groups is 1. The fraction of sp³-hybridized carbons (Fsp3) is 0.250. The van der Waals surface area contributed by atoms with E-state index in [-0.39, 0.29) is 0 Å². The van der Waals surface area contributed by atoms with Gasteiger partial charge in [0.25, 0.3) is 0 Å². The van der Waals surface area contributed by atoms with Crippen molar-refractivity contribution in [1.82, 2.24) is 0 Å². The van der Waals surface area contributed by atoms with Crippen LogP contribution in [0, 0.1) is 6.92 Å². The topological polar surface area (TPSA) is 24.4 Å². The fourth-order valence-electron chi connectivity index (χ4n) is 1.60. The number of rotatable bonds is 1. The van der Waals surface area contributed by atoms with Gasteiger partial charge in [-0.05, 0) is 25.0 Å². The molecule has 0 amide bonds. The van der Waals surface area contributed by atoms with Gasteiger partial charge in [0, 0.05) is 11.3 Å². The van der Waals surface area contributed by atoms with E-state index in [9.17, 15) is 0 Å². The Morgan fingerprint density at radius 3 is 3.07 bits per heavy atom. The molecule has 1 aliphatic heterocycles. The lowest BCUT2D eigenvalue weighted by Gasteiger charge is -2.15. The van der Waals surface area contributed by atoms with Gasteiger partial charge in [-0.2, -0.15) is 0 Å². The van der Waals surface area contributed by atoms with Crippen molar-refractivity contribution in [2.24, 2.45) is 4.99 Å². The molecule has 0 saturated carbocycles. The van der Waals surface area contributed by atoms with E-state index >= 15 is 0 Å². The molecule has 2 nitrogen and oxygen atoms in total. The number of aryl methyl sites for hydroxylation is 1. The van der Waals surface area contributed by atoms with Crippen molar-refractivity contribution in [3.05, 3.63) is 35.4 Å². The first-order valence-electron chi connectivity index (χ1n) is 4.91. The Kier molecular flexibility index (Phi) is 2.35. The SMILES string of the molecule is CC/C=C1\N=CNc2cc(C)ccc21. The normalized spacial score (nSPS) is 16.6. The highest BCUT2D eigenvalue weighted by Gasteiger charge is 2.09. The third-order valence-corrected chi connectivity index (χ3v) is 2.27. The van der Waals surface area contributed by atoms with E-state index in [0.29, 0.717) is 0 Å². The van der Waals surface area contributed by atoms with Crippen molar-refractivity contribution in [2.45, 2.75) is 20.3 Å². The minimum absolute atomic E-state index is 1.01. The summed E-state index contributed by atoms with van der Waals surface area (Å²) < 4.78 is 0. The highest BCUT2D eigenvalue weighted by molar-refractivity contribution is 5.92. The van der Waals surface area contributed by atoms with Crippen molar-refractivity contribution in [3.8, 4) is 0 Å². The summed E-state index contributed by atoms with van der Waals surface area (Å²) in [7, 11) is 0. The van der Waals surface area contributed by atoms with Crippen LogP contribution < -0.4 is 5.32 Å². The van der Waals surface area contributed by atoms with Crippen LogP contribution in [0.1, 0.15) is 24.5 Å². The molecule has 1 N–H and O–H groups in total. The number of nitrogens with one attached hydrogen (secondary N) is 1. The van der Waals surface area contributed by atoms with E-state index in [1.54, 1.807) is 6.34 Å². The molecular weight excluding hydrogens is 172 g/mol. The molecule has 0 unspecified atom stereocenters. The lowest BCUT2D eigenvalue weighted by atomic mass is 10.1. The smallest absolute Gasteiger partial charge is 0.0930 e. The molecular formula is C12H14N2. The quantitative estimate of drug-likeness (QED) is 0.715. The number of fused-ring (bicyclic) bond motifs is 1. The molecule has 2 rings (SSSR count). The van der Waals surface area contributed by atoms with Crippen LogP contribution in [0.25, 0.3) is 5.70 Å². The van der Waals surface area contributed by atoms with Crippen LogP contribution in [0.3, 0.4) is 0 Å². The van der Waals surface area contributed by atoms with E-state index in [1.165, 1.54) is 11.1 Å². The van der Waals surface area contributed by atoms with Gasteiger partial charge in [-0.25, -0.2) is 4.99 Å². The van der Waals surface area contributed by atoms with Gasteiger partial charge in [0.1, 0.15) is 0 Å². The zero-order valence-corrected chi connectivity index (χ0v) is 8.54. The van der Waals surface area contributed by atoms with Gasteiger partial charge in [0.2, 0.25) is 0 Å². The summed E-state index contributed by atoms with van der Waals surface area (Å²) in [6.45, 7) is 4.22. The standard InChI is InChI=1S/C12H14N2/c1-3-4-11-10-6-5-9(2)7-12(10)14-8-13-11/h4-8H,3H2,1-2H3,(H,13,14)/b11-4-. The number of benzene rings is 1. The predicted octanol–water partition coefficient (Wildman–Crippen LogP) is 3.20. The second-order valence-corrected chi connectivity index (χ2v) is 3.45. The number of hydrogen-bond acceptors (Lipinski definition) is 2. The lowest BCUT2D eigenvalue weighted by molar-refractivity contribution is 1.21. The Hall–Kier alpha value is -1.57. The number of anilines is 1. The summed E-state index contributed by atoms with van der Waals surface area (Å²) in [4.78, 5) is 4.32. The van der Waals surface area contributed by atoms with Crippen molar-refractivity contribution in [2.75, 3.05) is 5.32 Å². The summed E-state index contributed by atoms with van der Waals surface area (Å²) in [6.07, 6.45) is 4.91. The van der Waals surface area contributed by atoms with E-state index in [4.69, 9.17) is 0 Å². The molecule has 0 aromatic heterocycles. The second kappa shape index (κ2) is 3.66. The van der Waals surface area contributed by atoms with Crippen LogP contribution in [0.4, 0.5) is 5.69 Å². The van der Waals surface area contributed by atoms with Gasteiger partial charge in [-0.1, -0.05) is 25.1 Å². The molecule has 0 aliphatic carbocycles. The molecule has 0 atom stereocenters.